The SMILES string of the molecule is O=C(Cl)COc1ccccc1-n1cnnc1. The molecule has 0 saturated heterocycles. The summed E-state index contributed by atoms with van der Waals surface area (Å²) in [4.78, 5) is 10.6. The molecule has 2 aromatic rings. The standard InChI is InChI=1S/C10H8ClN3O2/c11-10(15)5-16-9-4-2-1-3-8(9)14-6-12-13-7-14/h1-4,6-7H,5H2. The van der Waals surface area contributed by atoms with Crippen LogP contribution in [0.5, 0.6) is 5.75 Å². The fourth-order valence-corrected chi connectivity index (χ4v) is 1.31. The molecule has 0 aliphatic heterocycles. The Bertz CT molecular complexity index is 485. The summed E-state index contributed by atoms with van der Waals surface area (Å²) in [5, 5.41) is 6.86. The maximum atomic E-state index is 10.6. The van der Waals surface area contributed by atoms with Gasteiger partial charge in [-0.2, -0.15) is 0 Å². The minimum Gasteiger partial charge on any atom is -0.482 e. The van der Waals surface area contributed by atoms with Gasteiger partial charge in [0.2, 0.25) is 0 Å². The Morgan fingerprint density at radius 2 is 2.00 bits per heavy atom. The van der Waals surface area contributed by atoms with E-state index >= 15 is 0 Å². The molecule has 1 aromatic heterocycles. The summed E-state index contributed by atoms with van der Waals surface area (Å²) in [7, 11) is 0. The fraction of sp³-hybridized carbons (Fsp3) is 0.100. The van der Waals surface area contributed by atoms with Gasteiger partial charge >= 0.3 is 0 Å². The van der Waals surface area contributed by atoms with Crippen LogP contribution in [0.15, 0.2) is 36.9 Å². The number of halogens is 1. The van der Waals surface area contributed by atoms with E-state index in [1.54, 1.807) is 23.3 Å². The molecule has 0 spiro atoms. The highest BCUT2D eigenvalue weighted by Gasteiger charge is 2.06. The second kappa shape index (κ2) is 4.76. The highest BCUT2D eigenvalue weighted by atomic mass is 35.5. The van der Waals surface area contributed by atoms with Crippen LogP contribution < -0.4 is 4.74 Å². The molecule has 16 heavy (non-hydrogen) atoms. The van der Waals surface area contributed by atoms with Gasteiger partial charge in [-0.25, -0.2) is 0 Å². The third kappa shape index (κ3) is 2.38. The van der Waals surface area contributed by atoms with Gasteiger partial charge in [-0.3, -0.25) is 9.36 Å². The van der Waals surface area contributed by atoms with Crippen molar-refractivity contribution in [2.45, 2.75) is 0 Å². The normalized spacial score (nSPS) is 10.1. The molecule has 1 aromatic carbocycles. The summed E-state index contributed by atoms with van der Waals surface area (Å²) >= 11 is 5.21. The second-order valence-electron chi connectivity index (χ2n) is 2.98. The first kappa shape index (κ1) is 10.6. The number of carbonyl (C=O) groups excluding carboxylic acids is 1. The zero-order valence-corrected chi connectivity index (χ0v) is 8.96. The Morgan fingerprint density at radius 3 is 2.69 bits per heavy atom. The van der Waals surface area contributed by atoms with Gasteiger partial charge in [-0.15, -0.1) is 10.2 Å². The Hall–Kier alpha value is -1.88. The molecule has 0 amide bonds. The van der Waals surface area contributed by atoms with E-state index in [-0.39, 0.29) is 6.61 Å². The predicted octanol–water partition coefficient (Wildman–Crippen LogP) is 1.41. The minimum absolute atomic E-state index is 0.166. The highest BCUT2D eigenvalue weighted by molar-refractivity contribution is 6.63. The maximum Gasteiger partial charge on any atom is 0.259 e. The zero-order chi connectivity index (χ0) is 11.4. The highest BCUT2D eigenvalue weighted by Crippen LogP contribution is 2.21. The second-order valence-corrected chi connectivity index (χ2v) is 3.40. The molecular weight excluding hydrogens is 230 g/mol. The molecule has 82 valence electrons. The Labute approximate surface area is 96.6 Å². The largest absolute Gasteiger partial charge is 0.482 e. The van der Waals surface area contributed by atoms with Crippen molar-refractivity contribution in [2.24, 2.45) is 0 Å². The van der Waals surface area contributed by atoms with Crippen molar-refractivity contribution in [1.29, 1.82) is 0 Å². The third-order valence-electron chi connectivity index (χ3n) is 1.90. The molecular formula is C10H8ClN3O2. The van der Waals surface area contributed by atoms with E-state index in [1.165, 1.54) is 0 Å². The van der Waals surface area contributed by atoms with Crippen molar-refractivity contribution in [1.82, 2.24) is 14.8 Å². The van der Waals surface area contributed by atoms with Crippen molar-refractivity contribution in [3.05, 3.63) is 36.9 Å². The van der Waals surface area contributed by atoms with Gasteiger partial charge in [-0.05, 0) is 23.7 Å². The zero-order valence-electron chi connectivity index (χ0n) is 8.21. The summed E-state index contributed by atoms with van der Waals surface area (Å²) in [6.45, 7) is -0.166. The summed E-state index contributed by atoms with van der Waals surface area (Å²) in [6.07, 6.45) is 3.09. The smallest absolute Gasteiger partial charge is 0.259 e. The summed E-state index contributed by atoms with van der Waals surface area (Å²) in [6, 6.07) is 7.24. The molecule has 0 aliphatic carbocycles. The Kier molecular flexibility index (Phi) is 3.16. The summed E-state index contributed by atoms with van der Waals surface area (Å²) in [5.41, 5.74) is 0.755. The molecule has 0 aliphatic rings. The number of rotatable bonds is 4. The Morgan fingerprint density at radius 1 is 1.31 bits per heavy atom. The number of hydrogen-bond donors (Lipinski definition) is 0. The predicted molar refractivity (Wildman–Crippen MR) is 57.7 cm³/mol. The number of ether oxygens (including phenoxy) is 1. The number of para-hydroxylation sites is 2. The van der Waals surface area contributed by atoms with Crippen LogP contribution in [-0.2, 0) is 4.79 Å². The van der Waals surface area contributed by atoms with Crippen molar-refractivity contribution < 1.29 is 9.53 Å². The third-order valence-corrected chi connectivity index (χ3v) is 2.01. The number of carbonyl (C=O) groups is 1. The number of nitrogens with zero attached hydrogens (tertiary/aromatic N) is 3. The first-order valence-electron chi connectivity index (χ1n) is 4.52. The fourth-order valence-electron chi connectivity index (χ4n) is 1.25. The molecule has 6 heteroatoms. The molecule has 1 heterocycles. The molecule has 0 atom stereocenters. The van der Waals surface area contributed by atoms with Crippen molar-refractivity contribution in [3.63, 3.8) is 0 Å². The first-order chi connectivity index (χ1) is 7.77. The molecule has 0 unspecified atom stereocenters. The van der Waals surface area contributed by atoms with Crippen LogP contribution >= 0.6 is 11.6 Å². The van der Waals surface area contributed by atoms with Gasteiger partial charge in [-0.1, -0.05) is 12.1 Å². The minimum atomic E-state index is -0.543. The van der Waals surface area contributed by atoms with Gasteiger partial charge < -0.3 is 4.74 Å². The van der Waals surface area contributed by atoms with E-state index in [0.29, 0.717) is 5.75 Å². The summed E-state index contributed by atoms with van der Waals surface area (Å²) in [5.74, 6) is 0.552. The van der Waals surface area contributed by atoms with Crippen LogP contribution in [-0.4, -0.2) is 26.6 Å². The lowest BCUT2D eigenvalue weighted by Crippen LogP contribution is -2.06. The summed E-state index contributed by atoms with van der Waals surface area (Å²) < 4.78 is 6.95. The van der Waals surface area contributed by atoms with E-state index in [1.807, 2.05) is 18.2 Å². The molecule has 0 fully saturated rings. The van der Waals surface area contributed by atoms with E-state index in [9.17, 15) is 4.79 Å². The van der Waals surface area contributed by atoms with Crippen LogP contribution in [0.25, 0.3) is 5.69 Å². The number of aromatic nitrogens is 3. The van der Waals surface area contributed by atoms with Gasteiger partial charge in [0, 0.05) is 0 Å². The van der Waals surface area contributed by atoms with Crippen molar-refractivity contribution in [3.8, 4) is 11.4 Å². The molecule has 5 nitrogen and oxygen atoms in total. The molecule has 2 rings (SSSR count). The average Bonchev–Trinajstić information content (AvgIpc) is 2.80. The lowest BCUT2D eigenvalue weighted by Gasteiger charge is -2.09. The van der Waals surface area contributed by atoms with Crippen molar-refractivity contribution >= 4 is 16.8 Å². The first-order valence-corrected chi connectivity index (χ1v) is 4.90. The van der Waals surface area contributed by atoms with E-state index < -0.39 is 5.24 Å². The number of benzene rings is 1. The quantitative estimate of drug-likeness (QED) is 0.755. The van der Waals surface area contributed by atoms with E-state index in [2.05, 4.69) is 10.2 Å². The monoisotopic (exact) mass is 237 g/mol. The molecule has 0 N–H and O–H groups in total. The topological polar surface area (TPSA) is 57.0 Å². The van der Waals surface area contributed by atoms with Crippen LogP contribution in [0.3, 0.4) is 0 Å². The van der Waals surface area contributed by atoms with Gasteiger partial charge in [0.25, 0.3) is 5.24 Å². The van der Waals surface area contributed by atoms with Gasteiger partial charge in [0.05, 0.1) is 5.69 Å². The molecule has 0 saturated carbocycles. The number of hydrogen-bond acceptors (Lipinski definition) is 4. The van der Waals surface area contributed by atoms with E-state index in [4.69, 9.17) is 16.3 Å². The molecule has 0 radical (unpaired) electrons. The lowest BCUT2D eigenvalue weighted by molar-refractivity contribution is -0.113. The molecule has 0 bridgehead atoms. The van der Waals surface area contributed by atoms with Gasteiger partial charge in [0.1, 0.15) is 18.4 Å². The van der Waals surface area contributed by atoms with Gasteiger partial charge in [0.15, 0.2) is 6.61 Å². The van der Waals surface area contributed by atoms with Crippen molar-refractivity contribution in [2.75, 3.05) is 6.61 Å². The van der Waals surface area contributed by atoms with E-state index in [0.717, 1.165) is 5.69 Å². The average molecular weight is 238 g/mol. The van der Waals surface area contributed by atoms with Crippen LogP contribution in [0.2, 0.25) is 0 Å². The van der Waals surface area contributed by atoms with Crippen LogP contribution in [0, 0.1) is 0 Å². The lowest BCUT2D eigenvalue weighted by atomic mass is 10.3. The van der Waals surface area contributed by atoms with Crippen LogP contribution in [0.1, 0.15) is 0 Å². The Balaban J connectivity index is 2.27. The van der Waals surface area contributed by atoms with Crippen LogP contribution in [0.4, 0.5) is 0 Å². The maximum absolute atomic E-state index is 10.6.